The van der Waals surface area contributed by atoms with Gasteiger partial charge in [-0.05, 0) is 42.8 Å². The lowest BCUT2D eigenvalue weighted by Crippen LogP contribution is -2.24. The van der Waals surface area contributed by atoms with Crippen molar-refractivity contribution in [3.63, 3.8) is 0 Å². The van der Waals surface area contributed by atoms with Crippen LogP contribution in [0.2, 0.25) is 0 Å². The van der Waals surface area contributed by atoms with Crippen molar-refractivity contribution >= 4 is 21.8 Å². The fraction of sp³-hybridized carbons (Fsp3) is 0.444. The lowest BCUT2D eigenvalue weighted by molar-refractivity contribution is -0.0340. The van der Waals surface area contributed by atoms with E-state index in [1.165, 1.54) is 44.9 Å². The van der Waals surface area contributed by atoms with Gasteiger partial charge in [-0.25, -0.2) is 9.97 Å². The second-order valence-corrected chi connectivity index (χ2v) is 10.8. The normalized spacial score (nSPS) is 11.7. The molecule has 4 aromatic rings. The zero-order chi connectivity index (χ0) is 30.8. The number of unbranched alkanes of at least 4 members (excludes halogenated alkanes) is 7. The molecule has 0 saturated carbocycles. The van der Waals surface area contributed by atoms with Crippen LogP contribution in [-0.2, 0) is 9.47 Å². The lowest BCUT2D eigenvalue weighted by atomic mass is 10.1. The van der Waals surface area contributed by atoms with Gasteiger partial charge in [0.15, 0.2) is 0 Å². The molecule has 0 amide bonds. The Morgan fingerprint density at radius 1 is 0.636 bits per heavy atom. The Balaban J connectivity index is 1.24. The van der Waals surface area contributed by atoms with Gasteiger partial charge in [-0.2, -0.15) is 10.5 Å². The molecule has 1 unspecified atom stereocenters. The number of hydrogen-bond donors (Lipinski definition) is 0. The van der Waals surface area contributed by atoms with Crippen LogP contribution in [0.1, 0.15) is 76.1 Å². The maximum Gasteiger partial charge on any atom is 0.145 e. The van der Waals surface area contributed by atoms with Crippen molar-refractivity contribution in [2.24, 2.45) is 0 Å². The first-order chi connectivity index (χ1) is 21.7. The fourth-order valence-corrected chi connectivity index (χ4v) is 5.11. The van der Waals surface area contributed by atoms with Crippen molar-refractivity contribution in [3.05, 3.63) is 72.1 Å². The van der Waals surface area contributed by atoms with Crippen LogP contribution in [-0.4, -0.2) is 49.1 Å². The number of nitrogens with zero attached hydrogens (tertiary/aromatic N) is 4. The molecule has 0 aliphatic rings. The molecule has 0 spiro atoms. The molecule has 0 bridgehead atoms. The maximum atomic E-state index is 9.23. The molecule has 2 heterocycles. The average molecular weight is 595 g/mol. The van der Waals surface area contributed by atoms with Crippen LogP contribution in [0.3, 0.4) is 0 Å². The van der Waals surface area contributed by atoms with Crippen molar-refractivity contribution in [1.29, 1.82) is 10.5 Å². The van der Waals surface area contributed by atoms with Gasteiger partial charge in [0.2, 0.25) is 0 Å². The zero-order valence-electron chi connectivity index (χ0n) is 25.7. The van der Waals surface area contributed by atoms with Gasteiger partial charge < -0.3 is 18.9 Å². The monoisotopic (exact) mass is 594 g/mol. The summed E-state index contributed by atoms with van der Waals surface area (Å²) in [4.78, 5) is 8.82. The predicted molar refractivity (Wildman–Crippen MR) is 172 cm³/mol. The van der Waals surface area contributed by atoms with Crippen molar-refractivity contribution in [1.82, 2.24) is 9.97 Å². The molecule has 8 nitrogen and oxygen atoms in total. The Morgan fingerprint density at radius 2 is 1.18 bits per heavy atom. The summed E-state index contributed by atoms with van der Waals surface area (Å²) in [5.41, 5.74) is 2.07. The fourth-order valence-electron chi connectivity index (χ4n) is 5.11. The van der Waals surface area contributed by atoms with E-state index in [-0.39, 0.29) is 6.10 Å². The van der Waals surface area contributed by atoms with E-state index >= 15 is 0 Å². The van der Waals surface area contributed by atoms with E-state index in [0.717, 1.165) is 23.6 Å². The van der Waals surface area contributed by atoms with Gasteiger partial charge >= 0.3 is 0 Å². The summed E-state index contributed by atoms with van der Waals surface area (Å²) in [6.07, 6.45) is 10.9. The van der Waals surface area contributed by atoms with Gasteiger partial charge in [0.25, 0.3) is 0 Å². The maximum absolute atomic E-state index is 9.23. The van der Waals surface area contributed by atoms with Gasteiger partial charge in [-0.15, -0.1) is 0 Å². The standard InChI is InChI=1S/C36H42N4O4/c1-2-3-4-5-6-7-8-9-14-32(42-23-24-44-34-16-11-13-29-18-20-31(26-38)40-36(29)34)27-41-21-22-43-33-15-10-12-28-17-19-30(25-37)39-35(28)33/h10-13,15-20,32H,2-9,14,21-24,27H2,1H3. The molecule has 8 heteroatoms. The molecule has 1 atom stereocenters. The Bertz CT molecular complexity index is 1550. The third-order valence-electron chi connectivity index (χ3n) is 7.46. The smallest absolute Gasteiger partial charge is 0.145 e. The molecular weight excluding hydrogens is 552 g/mol. The summed E-state index contributed by atoms with van der Waals surface area (Å²) in [5, 5.41) is 20.3. The van der Waals surface area contributed by atoms with Gasteiger partial charge in [0.05, 0.1) is 25.9 Å². The number of fused-ring (bicyclic) bond motifs is 2. The summed E-state index contributed by atoms with van der Waals surface area (Å²) in [7, 11) is 0. The number of para-hydroxylation sites is 2. The van der Waals surface area contributed by atoms with E-state index in [2.05, 4.69) is 29.0 Å². The van der Waals surface area contributed by atoms with Crippen LogP contribution in [0.25, 0.3) is 21.8 Å². The molecule has 2 aromatic heterocycles. The number of pyridine rings is 2. The Kier molecular flexibility index (Phi) is 13.7. The van der Waals surface area contributed by atoms with Gasteiger partial charge in [-0.1, -0.05) is 82.6 Å². The molecule has 4 rings (SSSR count). The minimum atomic E-state index is -0.0491. The number of nitriles is 2. The van der Waals surface area contributed by atoms with Crippen molar-refractivity contribution in [2.75, 3.05) is 33.0 Å². The second-order valence-electron chi connectivity index (χ2n) is 10.8. The number of hydrogen-bond acceptors (Lipinski definition) is 8. The number of rotatable bonds is 20. The Hall–Kier alpha value is -4.24. The quantitative estimate of drug-likeness (QED) is 0.0949. The molecule has 0 aliphatic heterocycles. The molecule has 0 radical (unpaired) electrons. The second kappa shape index (κ2) is 18.4. The van der Waals surface area contributed by atoms with Gasteiger partial charge in [0.1, 0.15) is 59.3 Å². The number of ether oxygens (including phenoxy) is 4. The van der Waals surface area contributed by atoms with E-state index < -0.39 is 0 Å². The van der Waals surface area contributed by atoms with Crippen LogP contribution in [0.5, 0.6) is 11.5 Å². The average Bonchev–Trinajstić information content (AvgIpc) is 3.06. The largest absolute Gasteiger partial charge is 0.489 e. The van der Waals surface area contributed by atoms with Gasteiger partial charge in [0, 0.05) is 10.8 Å². The SMILES string of the molecule is CCCCCCCCCCC(COCCOc1cccc2ccc(C#N)nc12)OCCOc1cccc2ccc(C#N)nc12. The van der Waals surface area contributed by atoms with E-state index in [1.54, 1.807) is 12.1 Å². The lowest BCUT2D eigenvalue weighted by Gasteiger charge is -2.19. The van der Waals surface area contributed by atoms with E-state index in [1.807, 2.05) is 48.5 Å². The highest BCUT2D eigenvalue weighted by Crippen LogP contribution is 2.25. The van der Waals surface area contributed by atoms with Crippen molar-refractivity contribution in [3.8, 4) is 23.6 Å². The summed E-state index contributed by atoms with van der Waals surface area (Å²) in [5.74, 6) is 1.28. The van der Waals surface area contributed by atoms with Crippen LogP contribution < -0.4 is 9.47 Å². The summed E-state index contributed by atoms with van der Waals surface area (Å²) < 4.78 is 24.2. The predicted octanol–water partition coefficient (Wildman–Crippen LogP) is 7.92. The summed E-state index contributed by atoms with van der Waals surface area (Å²) in [6, 6.07) is 22.8. The summed E-state index contributed by atoms with van der Waals surface area (Å²) >= 11 is 0. The highest BCUT2D eigenvalue weighted by atomic mass is 16.6. The molecule has 44 heavy (non-hydrogen) atoms. The summed E-state index contributed by atoms with van der Waals surface area (Å²) in [6.45, 7) is 4.27. The Labute approximate surface area is 260 Å². The van der Waals surface area contributed by atoms with Gasteiger partial charge in [-0.3, -0.25) is 0 Å². The van der Waals surface area contributed by atoms with Crippen LogP contribution in [0, 0.1) is 22.7 Å². The molecular formula is C36H42N4O4. The first-order valence-electron chi connectivity index (χ1n) is 15.8. The molecule has 0 fully saturated rings. The topological polar surface area (TPSA) is 110 Å². The van der Waals surface area contributed by atoms with E-state index in [9.17, 15) is 10.5 Å². The van der Waals surface area contributed by atoms with E-state index in [4.69, 9.17) is 18.9 Å². The van der Waals surface area contributed by atoms with Crippen LogP contribution >= 0.6 is 0 Å². The molecule has 0 N–H and O–H groups in total. The van der Waals surface area contributed by atoms with Crippen molar-refractivity contribution < 1.29 is 18.9 Å². The molecule has 2 aromatic carbocycles. The highest BCUT2D eigenvalue weighted by Gasteiger charge is 2.12. The zero-order valence-corrected chi connectivity index (χ0v) is 25.7. The molecule has 0 saturated heterocycles. The third-order valence-corrected chi connectivity index (χ3v) is 7.46. The van der Waals surface area contributed by atoms with Crippen molar-refractivity contribution in [2.45, 2.75) is 70.8 Å². The molecule has 0 aliphatic carbocycles. The minimum Gasteiger partial charge on any atom is -0.489 e. The third kappa shape index (κ3) is 10.2. The van der Waals surface area contributed by atoms with Crippen LogP contribution in [0.15, 0.2) is 60.7 Å². The first-order valence-corrected chi connectivity index (χ1v) is 15.8. The minimum absolute atomic E-state index is 0.0491. The number of benzene rings is 2. The highest BCUT2D eigenvalue weighted by molar-refractivity contribution is 5.85. The van der Waals surface area contributed by atoms with E-state index in [0.29, 0.717) is 67.0 Å². The first kappa shape index (κ1) is 32.7. The van der Waals surface area contributed by atoms with Crippen LogP contribution in [0.4, 0.5) is 0 Å². The Morgan fingerprint density at radius 3 is 1.75 bits per heavy atom. The number of aromatic nitrogens is 2. The molecule has 230 valence electrons.